The predicted octanol–water partition coefficient (Wildman–Crippen LogP) is 2.39. The lowest BCUT2D eigenvalue weighted by Gasteiger charge is -2.21. The second-order valence-corrected chi connectivity index (χ2v) is 3.54. The molecule has 1 atom stereocenters. The van der Waals surface area contributed by atoms with Crippen molar-refractivity contribution in [1.29, 1.82) is 0 Å². The smallest absolute Gasteiger partial charge is 0.313 e. The summed E-state index contributed by atoms with van der Waals surface area (Å²) >= 11 is 0. The van der Waals surface area contributed by atoms with Gasteiger partial charge in [0.25, 0.3) is 0 Å². The van der Waals surface area contributed by atoms with E-state index in [1.807, 2.05) is 0 Å². The number of benzene rings is 1. The van der Waals surface area contributed by atoms with Crippen molar-refractivity contribution in [2.24, 2.45) is 0 Å². The molecule has 0 amide bonds. The van der Waals surface area contributed by atoms with Crippen LogP contribution in [0.5, 0.6) is 0 Å². The average molecular weight is 212 g/mol. The first kappa shape index (κ1) is 10.1. The van der Waals surface area contributed by atoms with Crippen LogP contribution in [0.2, 0.25) is 0 Å². The van der Waals surface area contributed by atoms with Gasteiger partial charge in [-0.05, 0) is 30.5 Å². The van der Waals surface area contributed by atoms with Crippen molar-refractivity contribution in [3.05, 3.63) is 35.4 Å². The second-order valence-electron chi connectivity index (χ2n) is 3.54. The van der Waals surface area contributed by atoms with E-state index in [-0.39, 0.29) is 5.97 Å². The van der Waals surface area contributed by atoms with Crippen LogP contribution in [-0.2, 0) is 9.53 Å². The van der Waals surface area contributed by atoms with Crippen LogP contribution in [0.25, 0.3) is 0 Å². The number of esters is 1. The molecule has 1 saturated heterocycles. The molecule has 0 saturated carbocycles. The average Bonchev–Trinajstić information content (AvgIpc) is 2.23. The maximum absolute atomic E-state index is 12.9. The molecule has 0 spiro atoms. The molecule has 1 unspecified atom stereocenters. The molecule has 0 radical (unpaired) electrons. The lowest BCUT2D eigenvalue weighted by molar-refractivity contribution is -0.149. The van der Waals surface area contributed by atoms with Crippen molar-refractivity contribution in [2.45, 2.75) is 18.8 Å². The summed E-state index contributed by atoms with van der Waals surface area (Å²) in [7, 11) is 0. The highest BCUT2D eigenvalue weighted by Crippen LogP contribution is 2.27. The first-order valence-corrected chi connectivity index (χ1v) is 4.80. The lowest BCUT2D eigenvalue weighted by atomic mass is 9.93. The highest BCUT2D eigenvalue weighted by molar-refractivity contribution is 5.78. The van der Waals surface area contributed by atoms with Crippen molar-refractivity contribution >= 4 is 5.97 Å². The van der Waals surface area contributed by atoms with Crippen LogP contribution in [0.4, 0.5) is 8.78 Å². The number of rotatable bonds is 1. The third-order valence-corrected chi connectivity index (χ3v) is 2.51. The number of cyclic esters (lactones) is 1. The van der Waals surface area contributed by atoms with Gasteiger partial charge in [0.15, 0.2) is 11.6 Å². The van der Waals surface area contributed by atoms with E-state index >= 15 is 0 Å². The molecular formula is C11H10F2O2. The maximum atomic E-state index is 12.9. The van der Waals surface area contributed by atoms with Crippen LogP contribution >= 0.6 is 0 Å². The Hall–Kier alpha value is -1.45. The molecule has 1 heterocycles. The predicted molar refractivity (Wildman–Crippen MR) is 49.3 cm³/mol. The van der Waals surface area contributed by atoms with Crippen LogP contribution in [0.1, 0.15) is 24.3 Å². The number of halogens is 2. The number of carbonyl (C=O) groups is 1. The lowest BCUT2D eigenvalue weighted by Crippen LogP contribution is -2.22. The van der Waals surface area contributed by atoms with Crippen LogP contribution < -0.4 is 0 Å². The summed E-state index contributed by atoms with van der Waals surface area (Å²) in [6.45, 7) is 0.416. The van der Waals surface area contributed by atoms with Gasteiger partial charge in [0.05, 0.1) is 12.5 Å². The molecule has 2 nitrogen and oxygen atoms in total. The van der Waals surface area contributed by atoms with Gasteiger partial charge >= 0.3 is 5.97 Å². The molecule has 4 heteroatoms. The third kappa shape index (κ3) is 1.98. The van der Waals surface area contributed by atoms with Crippen LogP contribution in [0, 0.1) is 11.6 Å². The van der Waals surface area contributed by atoms with Gasteiger partial charge in [0.1, 0.15) is 0 Å². The van der Waals surface area contributed by atoms with Crippen LogP contribution in [0.3, 0.4) is 0 Å². The molecule has 0 aromatic heterocycles. The van der Waals surface area contributed by atoms with Gasteiger partial charge in [-0.25, -0.2) is 8.78 Å². The Morgan fingerprint density at radius 1 is 1.27 bits per heavy atom. The number of hydrogen-bond donors (Lipinski definition) is 0. The Morgan fingerprint density at radius 2 is 2.07 bits per heavy atom. The Bertz CT molecular complexity index is 390. The molecule has 1 aromatic carbocycles. The zero-order valence-electron chi connectivity index (χ0n) is 8.00. The number of hydrogen-bond acceptors (Lipinski definition) is 2. The molecule has 1 aliphatic heterocycles. The maximum Gasteiger partial charge on any atom is 0.313 e. The summed E-state index contributed by atoms with van der Waals surface area (Å²) in [5.41, 5.74) is 0.485. The highest BCUT2D eigenvalue weighted by Gasteiger charge is 2.26. The molecule has 0 N–H and O–H groups in total. The fraction of sp³-hybridized carbons (Fsp3) is 0.364. The summed E-state index contributed by atoms with van der Waals surface area (Å²) in [5, 5.41) is 0. The molecule has 1 aliphatic rings. The Morgan fingerprint density at radius 3 is 2.73 bits per heavy atom. The van der Waals surface area contributed by atoms with E-state index in [9.17, 15) is 13.6 Å². The monoisotopic (exact) mass is 212 g/mol. The summed E-state index contributed by atoms with van der Waals surface area (Å²) in [6, 6.07) is 3.52. The Balaban J connectivity index is 2.28. The molecule has 0 aliphatic carbocycles. The summed E-state index contributed by atoms with van der Waals surface area (Å²) in [4.78, 5) is 11.4. The number of carbonyl (C=O) groups excluding carboxylic acids is 1. The standard InChI is InChI=1S/C11H10F2O2/c12-9-4-3-7(6-10(9)13)8-2-1-5-15-11(8)14/h3-4,6,8H,1-2,5H2. The molecule has 0 bridgehead atoms. The van der Waals surface area contributed by atoms with Crippen molar-refractivity contribution in [3.8, 4) is 0 Å². The first-order valence-electron chi connectivity index (χ1n) is 4.80. The Labute approximate surface area is 85.9 Å². The van der Waals surface area contributed by atoms with Crippen molar-refractivity contribution in [2.75, 3.05) is 6.61 Å². The quantitative estimate of drug-likeness (QED) is 0.668. The minimum absolute atomic E-state index is 0.354. The van der Waals surface area contributed by atoms with E-state index in [0.717, 1.165) is 18.6 Å². The second kappa shape index (κ2) is 3.96. The van der Waals surface area contributed by atoms with E-state index < -0.39 is 17.6 Å². The van der Waals surface area contributed by atoms with Crippen molar-refractivity contribution < 1.29 is 18.3 Å². The minimum atomic E-state index is -0.925. The normalized spacial score (nSPS) is 21.2. The van der Waals surface area contributed by atoms with E-state index in [0.29, 0.717) is 18.6 Å². The molecular weight excluding hydrogens is 202 g/mol. The fourth-order valence-corrected chi connectivity index (χ4v) is 1.71. The minimum Gasteiger partial charge on any atom is -0.465 e. The van der Waals surface area contributed by atoms with Gasteiger partial charge in [-0.2, -0.15) is 0 Å². The van der Waals surface area contributed by atoms with Gasteiger partial charge in [-0.1, -0.05) is 6.07 Å². The van der Waals surface area contributed by atoms with E-state index in [4.69, 9.17) is 4.74 Å². The van der Waals surface area contributed by atoms with E-state index in [1.165, 1.54) is 6.07 Å². The molecule has 1 aromatic rings. The van der Waals surface area contributed by atoms with Gasteiger partial charge in [0, 0.05) is 0 Å². The summed E-state index contributed by atoms with van der Waals surface area (Å²) in [6.07, 6.45) is 1.39. The molecule has 2 rings (SSSR count). The summed E-state index contributed by atoms with van der Waals surface area (Å²) in [5.74, 6) is -2.63. The van der Waals surface area contributed by atoms with Gasteiger partial charge in [-0.3, -0.25) is 4.79 Å². The van der Waals surface area contributed by atoms with Gasteiger partial charge < -0.3 is 4.74 Å². The largest absolute Gasteiger partial charge is 0.465 e. The topological polar surface area (TPSA) is 26.3 Å². The van der Waals surface area contributed by atoms with Gasteiger partial charge in [0.2, 0.25) is 0 Å². The van der Waals surface area contributed by atoms with Crippen LogP contribution in [-0.4, -0.2) is 12.6 Å². The van der Waals surface area contributed by atoms with Crippen molar-refractivity contribution in [1.82, 2.24) is 0 Å². The fourth-order valence-electron chi connectivity index (χ4n) is 1.71. The van der Waals surface area contributed by atoms with Crippen LogP contribution in [0.15, 0.2) is 18.2 Å². The van der Waals surface area contributed by atoms with Gasteiger partial charge in [-0.15, -0.1) is 0 Å². The molecule has 1 fully saturated rings. The summed E-state index contributed by atoms with van der Waals surface area (Å²) < 4.78 is 30.5. The number of ether oxygens (including phenoxy) is 1. The Kier molecular flexibility index (Phi) is 2.66. The first-order chi connectivity index (χ1) is 7.18. The SMILES string of the molecule is O=C1OCCCC1c1ccc(F)c(F)c1. The zero-order chi connectivity index (χ0) is 10.8. The van der Waals surface area contributed by atoms with Crippen molar-refractivity contribution in [3.63, 3.8) is 0 Å². The molecule has 15 heavy (non-hydrogen) atoms. The third-order valence-electron chi connectivity index (χ3n) is 2.51. The molecule has 80 valence electrons. The van der Waals surface area contributed by atoms with E-state index in [1.54, 1.807) is 0 Å². The van der Waals surface area contributed by atoms with E-state index in [2.05, 4.69) is 0 Å². The highest BCUT2D eigenvalue weighted by atomic mass is 19.2. The zero-order valence-corrected chi connectivity index (χ0v) is 8.00.